The van der Waals surface area contributed by atoms with Crippen LogP contribution in [-0.2, 0) is 17.6 Å². The Morgan fingerprint density at radius 3 is 2.33 bits per heavy atom. The third-order valence-corrected chi connectivity index (χ3v) is 7.56. The molecule has 2 aromatic rings. The van der Waals surface area contributed by atoms with Gasteiger partial charge in [0.2, 0.25) is 0 Å². The van der Waals surface area contributed by atoms with E-state index in [0.29, 0.717) is 50.1 Å². The molecule has 2 aliphatic heterocycles. The molecule has 1 aliphatic carbocycles. The zero-order valence-electron chi connectivity index (χ0n) is 19.0. The van der Waals surface area contributed by atoms with Gasteiger partial charge in [0.05, 0.1) is 7.11 Å². The lowest BCUT2D eigenvalue weighted by Crippen LogP contribution is -2.55. The van der Waals surface area contributed by atoms with E-state index in [0.717, 1.165) is 0 Å². The number of nitrogens with one attached hydrogen (secondary N) is 1. The summed E-state index contributed by atoms with van der Waals surface area (Å²) in [6.45, 7) is 2.95. The van der Waals surface area contributed by atoms with E-state index in [2.05, 4.69) is 17.4 Å². The Hall–Kier alpha value is -3.35. The van der Waals surface area contributed by atoms with E-state index in [1.807, 2.05) is 36.1 Å². The third-order valence-electron chi connectivity index (χ3n) is 7.56. The molecule has 7 nitrogen and oxygen atoms in total. The van der Waals surface area contributed by atoms with Crippen LogP contribution in [0.4, 0.5) is 4.79 Å². The number of carbonyl (C=O) groups excluding carboxylic acids is 3. The van der Waals surface area contributed by atoms with Gasteiger partial charge in [-0.05, 0) is 67.9 Å². The summed E-state index contributed by atoms with van der Waals surface area (Å²) in [5, 5.41) is 3.01. The van der Waals surface area contributed by atoms with E-state index in [1.54, 1.807) is 19.2 Å². The fourth-order valence-corrected chi connectivity index (χ4v) is 5.60. The van der Waals surface area contributed by atoms with Crippen molar-refractivity contribution < 1.29 is 19.1 Å². The summed E-state index contributed by atoms with van der Waals surface area (Å²) < 4.78 is 5.23. The predicted molar refractivity (Wildman–Crippen MR) is 123 cm³/mol. The van der Waals surface area contributed by atoms with Gasteiger partial charge in [-0.25, -0.2) is 4.79 Å². The van der Waals surface area contributed by atoms with Crippen LogP contribution in [-0.4, -0.2) is 59.4 Å². The predicted octanol–water partition coefficient (Wildman–Crippen LogP) is 3.03. The Labute approximate surface area is 193 Å². The quantitative estimate of drug-likeness (QED) is 0.731. The first-order valence-electron chi connectivity index (χ1n) is 11.6. The third kappa shape index (κ3) is 3.65. The van der Waals surface area contributed by atoms with Gasteiger partial charge in [0.1, 0.15) is 11.3 Å². The number of urea groups is 1. The molecule has 0 spiro atoms. The van der Waals surface area contributed by atoms with Gasteiger partial charge < -0.3 is 15.0 Å². The Morgan fingerprint density at radius 2 is 1.70 bits per heavy atom. The highest BCUT2D eigenvalue weighted by atomic mass is 16.5. The first-order chi connectivity index (χ1) is 15.9. The first-order valence-corrected chi connectivity index (χ1v) is 11.6. The molecule has 2 heterocycles. The van der Waals surface area contributed by atoms with Crippen molar-refractivity contribution in [3.63, 3.8) is 0 Å². The minimum absolute atomic E-state index is 0.0166. The molecule has 7 heteroatoms. The van der Waals surface area contributed by atoms with Crippen LogP contribution in [0.15, 0.2) is 48.5 Å². The number of likely N-dealkylation sites (tertiary alicyclic amines) is 1. The second kappa shape index (κ2) is 8.21. The topological polar surface area (TPSA) is 79.0 Å². The number of hydrogen-bond acceptors (Lipinski definition) is 4. The number of methoxy groups -OCH3 is 1. The first kappa shape index (κ1) is 21.5. The molecule has 4 amide bonds. The fraction of sp³-hybridized carbons (Fsp3) is 0.423. The molecule has 5 rings (SSSR count). The molecule has 33 heavy (non-hydrogen) atoms. The van der Waals surface area contributed by atoms with Crippen molar-refractivity contribution in [2.45, 2.75) is 44.2 Å². The van der Waals surface area contributed by atoms with Crippen LogP contribution in [0, 0.1) is 5.92 Å². The number of hydrogen-bond donors (Lipinski definition) is 1. The van der Waals surface area contributed by atoms with Gasteiger partial charge in [-0.3, -0.25) is 14.5 Å². The van der Waals surface area contributed by atoms with Gasteiger partial charge in [-0.1, -0.05) is 30.3 Å². The van der Waals surface area contributed by atoms with Crippen molar-refractivity contribution in [3.05, 3.63) is 65.2 Å². The number of rotatable bonds is 4. The molecular weight excluding hydrogens is 418 g/mol. The lowest BCUT2D eigenvalue weighted by atomic mass is 9.78. The number of nitrogens with zero attached hydrogens (tertiary/aromatic N) is 2. The van der Waals surface area contributed by atoms with Gasteiger partial charge in [-0.2, -0.15) is 0 Å². The van der Waals surface area contributed by atoms with Crippen LogP contribution in [0.2, 0.25) is 0 Å². The molecule has 0 saturated carbocycles. The van der Waals surface area contributed by atoms with Gasteiger partial charge in [0.25, 0.3) is 11.8 Å². The molecule has 2 saturated heterocycles. The van der Waals surface area contributed by atoms with Gasteiger partial charge in [-0.15, -0.1) is 0 Å². The summed E-state index contributed by atoms with van der Waals surface area (Å²) in [7, 11) is 1.58. The average molecular weight is 448 g/mol. The average Bonchev–Trinajstić information content (AvgIpc) is 3.36. The Morgan fingerprint density at radius 1 is 1.03 bits per heavy atom. The lowest BCUT2D eigenvalue weighted by Gasteiger charge is -2.39. The number of ether oxygens (including phenoxy) is 1. The van der Waals surface area contributed by atoms with E-state index in [4.69, 9.17) is 4.74 Å². The number of benzene rings is 2. The van der Waals surface area contributed by atoms with Gasteiger partial charge in [0.15, 0.2) is 0 Å². The number of piperidine rings is 1. The van der Waals surface area contributed by atoms with Crippen molar-refractivity contribution in [3.8, 4) is 5.75 Å². The molecule has 172 valence electrons. The highest BCUT2D eigenvalue weighted by Crippen LogP contribution is 2.37. The molecular formula is C26H29N3O4. The van der Waals surface area contributed by atoms with E-state index >= 15 is 0 Å². The minimum Gasteiger partial charge on any atom is -0.497 e. The van der Waals surface area contributed by atoms with Crippen LogP contribution >= 0.6 is 0 Å². The van der Waals surface area contributed by atoms with Crippen molar-refractivity contribution in [2.75, 3.05) is 20.2 Å². The van der Waals surface area contributed by atoms with Crippen molar-refractivity contribution in [2.24, 2.45) is 5.92 Å². The Bertz CT molecular complexity index is 1080. The number of amides is 4. The molecule has 3 aliphatic rings. The summed E-state index contributed by atoms with van der Waals surface area (Å²) >= 11 is 0. The highest BCUT2D eigenvalue weighted by molar-refractivity contribution is 6.07. The smallest absolute Gasteiger partial charge is 0.325 e. The van der Waals surface area contributed by atoms with Gasteiger partial charge >= 0.3 is 6.03 Å². The van der Waals surface area contributed by atoms with E-state index < -0.39 is 5.54 Å². The van der Waals surface area contributed by atoms with Crippen LogP contribution in [0.1, 0.15) is 41.3 Å². The maximum absolute atomic E-state index is 13.5. The molecule has 2 fully saturated rings. The second-order valence-corrected chi connectivity index (χ2v) is 9.44. The zero-order chi connectivity index (χ0) is 23.2. The van der Waals surface area contributed by atoms with E-state index in [9.17, 15) is 14.4 Å². The molecule has 1 N–H and O–H groups in total. The molecule has 0 radical (unpaired) electrons. The maximum Gasteiger partial charge on any atom is 0.325 e. The Kier molecular flexibility index (Phi) is 5.35. The standard InChI is InChI=1S/C26H29N3O4/c1-26(20-10-12-28(13-11-20)23(30)19-8-5-9-22(16-19)33-2)24(31)29(25(32)27-26)21-14-17-6-3-4-7-18(17)15-21/h3-9,16,20-21H,10-15H2,1-2H3,(H,27,32). The Balaban J connectivity index is 1.25. The number of fused-ring (bicyclic) bond motifs is 1. The summed E-state index contributed by atoms with van der Waals surface area (Å²) in [6.07, 6.45) is 2.74. The number of imide groups is 1. The largest absolute Gasteiger partial charge is 0.497 e. The normalized spacial score (nSPS) is 23.6. The molecule has 0 aromatic heterocycles. The lowest BCUT2D eigenvalue weighted by molar-refractivity contribution is -0.134. The van der Waals surface area contributed by atoms with Crippen LogP contribution < -0.4 is 10.1 Å². The summed E-state index contributed by atoms with van der Waals surface area (Å²) in [6, 6.07) is 14.9. The van der Waals surface area contributed by atoms with E-state index in [-0.39, 0.29) is 29.8 Å². The highest BCUT2D eigenvalue weighted by Gasteiger charge is 2.55. The second-order valence-electron chi connectivity index (χ2n) is 9.44. The SMILES string of the molecule is COc1cccc(C(=O)N2CCC(C3(C)NC(=O)N(C4Cc5ccccc5C4)C3=O)CC2)c1. The monoisotopic (exact) mass is 447 g/mol. The molecule has 0 bridgehead atoms. The van der Waals surface area contributed by atoms with Crippen molar-refractivity contribution in [1.29, 1.82) is 0 Å². The summed E-state index contributed by atoms with van der Waals surface area (Å²) in [5.74, 6) is 0.460. The molecule has 2 aromatic carbocycles. The molecule has 1 atom stereocenters. The van der Waals surface area contributed by atoms with E-state index in [1.165, 1.54) is 16.0 Å². The van der Waals surface area contributed by atoms with Crippen LogP contribution in [0.5, 0.6) is 5.75 Å². The zero-order valence-corrected chi connectivity index (χ0v) is 19.0. The molecule has 1 unspecified atom stereocenters. The van der Waals surface area contributed by atoms with Crippen LogP contribution in [0.3, 0.4) is 0 Å². The number of carbonyl (C=O) groups is 3. The van der Waals surface area contributed by atoms with Crippen LogP contribution in [0.25, 0.3) is 0 Å². The maximum atomic E-state index is 13.5. The minimum atomic E-state index is -0.934. The van der Waals surface area contributed by atoms with Crippen molar-refractivity contribution in [1.82, 2.24) is 15.1 Å². The summed E-state index contributed by atoms with van der Waals surface area (Å²) in [5.41, 5.74) is 2.08. The van der Waals surface area contributed by atoms with Gasteiger partial charge in [0, 0.05) is 24.7 Å². The summed E-state index contributed by atoms with van der Waals surface area (Å²) in [4.78, 5) is 42.7. The fourth-order valence-electron chi connectivity index (χ4n) is 5.60. The van der Waals surface area contributed by atoms with Crippen molar-refractivity contribution >= 4 is 17.8 Å².